The highest BCUT2D eigenvalue weighted by molar-refractivity contribution is 5.71. The molecule has 2 aromatic heterocycles. The summed E-state index contributed by atoms with van der Waals surface area (Å²) in [6.45, 7) is 2.41. The van der Waals surface area contributed by atoms with Crippen LogP contribution in [0.2, 0.25) is 0 Å². The average molecular weight is 523 g/mol. The number of phenolic OH excluding ortho intramolecular Hbond substituents is 1. The number of hydrogen-bond donors (Lipinski definition) is 2. The second-order valence-electron chi connectivity index (χ2n) is 9.95. The number of fused-ring (bicyclic) bond motifs is 4. The molecule has 3 atom stereocenters. The minimum Gasteiger partial charge on any atom is -0.504 e. The fraction of sp³-hybridized carbons (Fsp3) is 0.393. The molecule has 2 bridgehead atoms. The molecule has 4 heterocycles. The summed E-state index contributed by atoms with van der Waals surface area (Å²) in [5, 5.41) is 20.7. The van der Waals surface area contributed by atoms with Gasteiger partial charge in [-0.2, -0.15) is 0 Å². The van der Waals surface area contributed by atoms with Gasteiger partial charge in [0.1, 0.15) is 5.76 Å². The molecule has 1 aromatic carbocycles. The number of phenols is 1. The van der Waals surface area contributed by atoms with Crippen molar-refractivity contribution in [3.8, 4) is 17.2 Å². The van der Waals surface area contributed by atoms with Crippen LogP contribution in [0.15, 0.2) is 56.5 Å². The number of aromatic nitrogens is 1. The van der Waals surface area contributed by atoms with E-state index >= 15 is 0 Å². The van der Waals surface area contributed by atoms with E-state index in [1.54, 1.807) is 18.2 Å². The number of aromatic hydroxyl groups is 2. The molecular formula is C28H30N2O8. The van der Waals surface area contributed by atoms with Gasteiger partial charge >= 0.3 is 5.97 Å². The van der Waals surface area contributed by atoms with E-state index in [1.807, 2.05) is 10.6 Å². The molecule has 200 valence electrons. The number of hydrogen-bond acceptors (Lipinski definition) is 9. The topological polar surface area (TPSA) is 131 Å². The number of likely N-dealkylation sites (tertiary alicyclic amines) is 1. The Hall–Kier alpha value is -4.05. The maximum Gasteiger partial charge on any atom is 0.306 e. The number of benzene rings is 1. The molecule has 0 spiro atoms. The molecule has 2 N–H and O–H groups in total. The molecule has 2 aliphatic heterocycles. The molecule has 3 aromatic rings. The highest BCUT2D eigenvalue weighted by Crippen LogP contribution is 2.39. The molecule has 10 heteroatoms. The Morgan fingerprint density at radius 2 is 1.92 bits per heavy atom. The summed E-state index contributed by atoms with van der Waals surface area (Å²) in [5.74, 6) is -1.14. The molecule has 38 heavy (non-hydrogen) atoms. The van der Waals surface area contributed by atoms with Crippen LogP contribution in [-0.4, -0.2) is 53.0 Å². The van der Waals surface area contributed by atoms with Gasteiger partial charge in [0.05, 0.1) is 33.1 Å². The third kappa shape index (κ3) is 4.91. The third-order valence-corrected chi connectivity index (χ3v) is 7.46. The van der Waals surface area contributed by atoms with Gasteiger partial charge in [0.25, 0.3) is 5.56 Å². The van der Waals surface area contributed by atoms with E-state index in [-0.39, 0.29) is 35.2 Å². The maximum atomic E-state index is 12.8. The first-order valence-corrected chi connectivity index (χ1v) is 12.5. The van der Waals surface area contributed by atoms with Crippen molar-refractivity contribution in [1.29, 1.82) is 0 Å². The van der Waals surface area contributed by atoms with E-state index in [2.05, 4.69) is 4.90 Å². The van der Waals surface area contributed by atoms with Crippen LogP contribution < -0.4 is 15.7 Å². The quantitative estimate of drug-likeness (QED) is 0.449. The Morgan fingerprint density at radius 1 is 1.11 bits per heavy atom. The highest BCUT2D eigenvalue weighted by atomic mass is 16.5. The van der Waals surface area contributed by atoms with Gasteiger partial charge in [0.2, 0.25) is 11.2 Å². The van der Waals surface area contributed by atoms with Crippen molar-refractivity contribution in [3.05, 3.63) is 85.8 Å². The summed E-state index contributed by atoms with van der Waals surface area (Å²) in [5.41, 5.74) is 0.916. The molecule has 2 aliphatic rings. The van der Waals surface area contributed by atoms with Crippen LogP contribution in [0.1, 0.15) is 47.5 Å². The van der Waals surface area contributed by atoms with Gasteiger partial charge in [-0.15, -0.1) is 0 Å². The smallest absolute Gasteiger partial charge is 0.306 e. The Bertz CT molecular complexity index is 1480. The van der Waals surface area contributed by atoms with E-state index in [4.69, 9.17) is 13.9 Å². The van der Waals surface area contributed by atoms with Gasteiger partial charge in [0.15, 0.2) is 17.3 Å². The zero-order valence-electron chi connectivity index (χ0n) is 21.3. The summed E-state index contributed by atoms with van der Waals surface area (Å²) in [7, 11) is 2.65. The van der Waals surface area contributed by atoms with Crippen LogP contribution in [0.3, 0.4) is 0 Å². The lowest BCUT2D eigenvalue weighted by atomic mass is 9.83. The minimum atomic E-state index is -0.857. The van der Waals surface area contributed by atoms with E-state index < -0.39 is 23.1 Å². The number of carbonyl (C=O) groups is 1. The first kappa shape index (κ1) is 25.6. The number of carbonyl (C=O) groups excluding carboxylic acids is 1. The van der Waals surface area contributed by atoms with Crippen molar-refractivity contribution in [2.75, 3.05) is 27.3 Å². The first-order chi connectivity index (χ1) is 18.3. The highest BCUT2D eigenvalue weighted by Gasteiger charge is 2.35. The predicted molar refractivity (Wildman–Crippen MR) is 137 cm³/mol. The van der Waals surface area contributed by atoms with Crippen LogP contribution >= 0.6 is 0 Å². The molecule has 0 saturated carbocycles. The third-order valence-electron chi connectivity index (χ3n) is 7.46. The molecular weight excluding hydrogens is 492 g/mol. The lowest BCUT2D eigenvalue weighted by Gasteiger charge is -2.42. The van der Waals surface area contributed by atoms with Crippen molar-refractivity contribution in [3.63, 3.8) is 0 Å². The molecule has 0 amide bonds. The lowest BCUT2D eigenvalue weighted by Crippen LogP contribution is -2.46. The number of esters is 1. The van der Waals surface area contributed by atoms with Crippen molar-refractivity contribution < 1.29 is 28.9 Å². The number of methoxy groups -OCH3 is 2. The van der Waals surface area contributed by atoms with Gasteiger partial charge < -0.3 is 28.7 Å². The summed E-state index contributed by atoms with van der Waals surface area (Å²) in [6.07, 6.45) is 0.790. The van der Waals surface area contributed by atoms with E-state index in [9.17, 15) is 24.6 Å². The summed E-state index contributed by atoms with van der Waals surface area (Å²) >= 11 is 0. The summed E-state index contributed by atoms with van der Waals surface area (Å²) in [4.78, 5) is 39.6. The molecule has 5 rings (SSSR count). The molecule has 3 unspecified atom stereocenters. The first-order valence-electron chi connectivity index (χ1n) is 12.5. The minimum absolute atomic E-state index is 0.0160. The Morgan fingerprint density at radius 3 is 2.68 bits per heavy atom. The maximum absolute atomic E-state index is 12.8. The predicted octanol–water partition coefficient (Wildman–Crippen LogP) is 2.54. The zero-order chi connectivity index (χ0) is 27.0. The van der Waals surface area contributed by atoms with Gasteiger partial charge in [-0.05, 0) is 36.1 Å². The number of ether oxygens (including phenoxy) is 2. The number of pyridine rings is 1. The Balaban J connectivity index is 1.47. The molecule has 1 fully saturated rings. The van der Waals surface area contributed by atoms with Gasteiger partial charge in [-0.25, -0.2) is 0 Å². The molecule has 10 nitrogen and oxygen atoms in total. The van der Waals surface area contributed by atoms with Crippen molar-refractivity contribution in [2.24, 2.45) is 5.92 Å². The van der Waals surface area contributed by atoms with E-state index in [0.717, 1.165) is 18.7 Å². The zero-order valence-corrected chi connectivity index (χ0v) is 21.3. The normalized spacial score (nSPS) is 19.4. The molecule has 1 saturated heterocycles. The van der Waals surface area contributed by atoms with Crippen molar-refractivity contribution in [2.45, 2.75) is 37.8 Å². The Kier molecular flexibility index (Phi) is 6.98. The molecule has 0 aliphatic carbocycles. The Labute approximate surface area is 218 Å². The fourth-order valence-electron chi connectivity index (χ4n) is 5.74. The number of nitrogens with zero attached hydrogens (tertiary/aromatic N) is 2. The number of rotatable bonds is 7. The fourth-order valence-corrected chi connectivity index (χ4v) is 5.74. The van der Waals surface area contributed by atoms with Crippen molar-refractivity contribution >= 4 is 5.97 Å². The van der Waals surface area contributed by atoms with Crippen LogP contribution in [0, 0.1) is 5.92 Å². The largest absolute Gasteiger partial charge is 0.504 e. The second kappa shape index (κ2) is 10.4. The van der Waals surface area contributed by atoms with Crippen LogP contribution in [-0.2, 0) is 22.6 Å². The van der Waals surface area contributed by atoms with Gasteiger partial charge in [-0.3, -0.25) is 19.3 Å². The lowest BCUT2D eigenvalue weighted by molar-refractivity contribution is -0.140. The summed E-state index contributed by atoms with van der Waals surface area (Å²) in [6, 6.07) is 11.2. The van der Waals surface area contributed by atoms with Crippen molar-refractivity contribution in [1.82, 2.24) is 9.47 Å². The SMILES string of the molecule is COC(=O)CC(c1ccc(O)c(OC)c1)c1oc(CN2CC3CC(C2)c2cccc(=O)n2C3)cc(=O)c1O. The van der Waals surface area contributed by atoms with Crippen LogP contribution in [0.4, 0.5) is 0 Å². The van der Waals surface area contributed by atoms with E-state index in [0.29, 0.717) is 36.9 Å². The van der Waals surface area contributed by atoms with Gasteiger partial charge in [0, 0.05) is 43.4 Å². The molecule has 0 radical (unpaired) electrons. The summed E-state index contributed by atoms with van der Waals surface area (Å²) < 4.78 is 18.0. The average Bonchev–Trinajstić information content (AvgIpc) is 2.90. The number of piperidine rings is 1. The van der Waals surface area contributed by atoms with Crippen LogP contribution in [0.5, 0.6) is 17.2 Å². The van der Waals surface area contributed by atoms with Crippen LogP contribution in [0.25, 0.3) is 0 Å². The monoisotopic (exact) mass is 522 g/mol. The van der Waals surface area contributed by atoms with Gasteiger partial charge in [-0.1, -0.05) is 12.1 Å². The standard InChI is InChI=1S/C28H30N2O8/c1-36-24-9-17(6-7-22(24)31)20(11-26(34)37-2)28-27(35)23(32)10-19(38-28)15-29-12-16-8-18(14-29)21-4-3-5-25(33)30(21)13-16/h3-7,9-10,16,18,20,31,35H,8,11-15H2,1-2H3. The van der Waals surface area contributed by atoms with E-state index in [1.165, 1.54) is 32.4 Å². The second-order valence-corrected chi connectivity index (χ2v) is 9.95.